The van der Waals surface area contributed by atoms with Gasteiger partial charge in [0.25, 0.3) is 0 Å². The van der Waals surface area contributed by atoms with E-state index in [1.54, 1.807) is 17.9 Å². The van der Waals surface area contributed by atoms with Crippen LogP contribution >= 0.6 is 11.8 Å². The standard InChI is InChI=1S/C22H34N6O5S/c1-12-9-16(19(31)32)28-17(12)22(13(2)29,20(28)33)34-14-10-15(25(3)11-14)18(30)26-5-4-6-27(8-7-26)21(23)24/h9,12-15,17,29H,4-8,10-11H2,1-3H3,(H3,23,24)(H,31,32)/t12?,13?,14?,15?,17-,22?/m0/s1. The number of rotatable bonds is 5. The van der Waals surface area contributed by atoms with Crippen LogP contribution in [0.25, 0.3) is 0 Å². The number of aliphatic hydroxyl groups excluding tert-OH is 1. The number of amides is 2. The van der Waals surface area contributed by atoms with Gasteiger partial charge >= 0.3 is 5.97 Å². The lowest BCUT2D eigenvalue weighted by atomic mass is 9.78. The van der Waals surface area contributed by atoms with Crippen molar-refractivity contribution in [3.8, 4) is 0 Å². The Kier molecular flexibility index (Phi) is 6.60. The monoisotopic (exact) mass is 494 g/mol. The number of nitrogens with one attached hydrogen (secondary N) is 1. The van der Waals surface area contributed by atoms with E-state index in [4.69, 9.17) is 11.1 Å². The third kappa shape index (κ3) is 3.85. The van der Waals surface area contributed by atoms with Gasteiger partial charge < -0.3 is 25.7 Å². The summed E-state index contributed by atoms with van der Waals surface area (Å²) in [6.07, 6.45) is 1.92. The number of carboxylic acid groups (broad SMARTS) is 1. The maximum absolute atomic E-state index is 13.4. The predicted molar refractivity (Wildman–Crippen MR) is 127 cm³/mol. The van der Waals surface area contributed by atoms with E-state index in [0.29, 0.717) is 39.1 Å². The van der Waals surface area contributed by atoms with Crippen LogP contribution < -0.4 is 5.73 Å². The lowest BCUT2D eigenvalue weighted by molar-refractivity contribution is -0.158. The fourth-order valence-corrected chi connectivity index (χ4v) is 7.88. The lowest BCUT2D eigenvalue weighted by Crippen LogP contribution is -2.76. The normalized spacial score (nSPS) is 34.9. The van der Waals surface area contributed by atoms with Crippen molar-refractivity contribution in [2.24, 2.45) is 11.7 Å². The smallest absolute Gasteiger partial charge is 0.352 e. The summed E-state index contributed by atoms with van der Waals surface area (Å²) in [6, 6.07) is -0.744. The Morgan fingerprint density at radius 3 is 2.53 bits per heavy atom. The first-order valence-electron chi connectivity index (χ1n) is 11.7. The molecule has 0 aromatic heterocycles. The third-order valence-electron chi connectivity index (χ3n) is 7.59. The Hall–Kier alpha value is -2.31. The number of aliphatic hydroxyl groups is 1. The Balaban J connectivity index is 1.45. The Morgan fingerprint density at radius 2 is 1.91 bits per heavy atom. The predicted octanol–water partition coefficient (Wildman–Crippen LogP) is -0.831. The van der Waals surface area contributed by atoms with Gasteiger partial charge in [-0.2, -0.15) is 0 Å². The molecule has 6 atom stereocenters. The van der Waals surface area contributed by atoms with Gasteiger partial charge in [-0.3, -0.25) is 24.8 Å². The third-order valence-corrected chi connectivity index (χ3v) is 9.42. The topological polar surface area (TPSA) is 154 Å². The fraction of sp³-hybridized carbons (Fsp3) is 0.727. The number of hydrogen-bond acceptors (Lipinski definition) is 7. The largest absolute Gasteiger partial charge is 0.477 e. The van der Waals surface area contributed by atoms with Crippen molar-refractivity contribution in [2.45, 2.75) is 54.9 Å². The molecule has 5 unspecified atom stereocenters. The zero-order valence-electron chi connectivity index (χ0n) is 19.8. The number of likely N-dealkylation sites (N-methyl/N-ethyl adjacent to an activating group) is 1. The highest BCUT2D eigenvalue weighted by molar-refractivity contribution is 8.02. The van der Waals surface area contributed by atoms with Crippen molar-refractivity contribution in [3.05, 3.63) is 11.8 Å². The van der Waals surface area contributed by atoms with Crippen LogP contribution in [0.2, 0.25) is 0 Å². The summed E-state index contributed by atoms with van der Waals surface area (Å²) in [5.41, 5.74) is 5.60. The SMILES string of the molecule is CC1C=C(C(=O)O)N2C(=O)C(SC3CC(C(=O)N4CCCN(C(=N)N)CC4)N(C)C3)(C(C)O)[C@H]12. The molecule has 4 heterocycles. The number of nitrogens with zero attached hydrogens (tertiary/aromatic N) is 4. The first kappa shape index (κ1) is 24.8. The van der Waals surface area contributed by atoms with Gasteiger partial charge in [0.15, 0.2) is 5.96 Å². The van der Waals surface area contributed by atoms with Crippen LogP contribution in [0.5, 0.6) is 0 Å². The van der Waals surface area contributed by atoms with Crippen LogP contribution in [0.3, 0.4) is 0 Å². The number of likely N-dealkylation sites (tertiary alicyclic amines) is 1. The number of thioether (sulfide) groups is 1. The van der Waals surface area contributed by atoms with E-state index in [1.165, 1.54) is 16.7 Å². The molecule has 3 fully saturated rings. The molecule has 34 heavy (non-hydrogen) atoms. The van der Waals surface area contributed by atoms with Gasteiger partial charge in [0.1, 0.15) is 10.4 Å². The molecular formula is C22H34N6O5S. The van der Waals surface area contributed by atoms with Crippen molar-refractivity contribution in [1.29, 1.82) is 5.41 Å². The van der Waals surface area contributed by atoms with Gasteiger partial charge in [0.2, 0.25) is 11.8 Å². The lowest BCUT2D eigenvalue weighted by Gasteiger charge is -2.56. The molecule has 3 saturated heterocycles. The Bertz CT molecular complexity index is 927. The van der Waals surface area contributed by atoms with Crippen LogP contribution in [0.15, 0.2) is 11.8 Å². The average molecular weight is 495 g/mol. The summed E-state index contributed by atoms with van der Waals surface area (Å²) in [4.78, 5) is 45.1. The second kappa shape index (κ2) is 9.04. The highest BCUT2D eigenvalue weighted by Crippen LogP contribution is 2.55. The van der Waals surface area contributed by atoms with Crippen LogP contribution in [0.1, 0.15) is 26.7 Å². The van der Waals surface area contributed by atoms with Crippen LogP contribution in [-0.4, -0.2) is 122 Å². The summed E-state index contributed by atoms with van der Waals surface area (Å²) in [5, 5.41) is 27.8. The van der Waals surface area contributed by atoms with Crippen molar-refractivity contribution >= 4 is 35.5 Å². The van der Waals surface area contributed by atoms with Gasteiger partial charge in [-0.05, 0) is 38.8 Å². The number of β-lactam (4-membered cyclic amide) rings is 1. The number of carbonyl (C=O) groups excluding carboxylic acids is 2. The first-order valence-corrected chi connectivity index (χ1v) is 12.6. The molecule has 0 radical (unpaired) electrons. The van der Waals surface area contributed by atoms with Crippen molar-refractivity contribution < 1.29 is 24.6 Å². The maximum Gasteiger partial charge on any atom is 0.352 e. The zero-order valence-corrected chi connectivity index (χ0v) is 20.6. The summed E-state index contributed by atoms with van der Waals surface area (Å²) < 4.78 is -1.12. The van der Waals surface area contributed by atoms with E-state index in [0.717, 1.165) is 6.42 Å². The van der Waals surface area contributed by atoms with Crippen LogP contribution in [0.4, 0.5) is 0 Å². The highest BCUT2D eigenvalue weighted by Gasteiger charge is 2.69. The average Bonchev–Trinajstić information content (AvgIpc) is 3.16. The molecule has 12 heteroatoms. The summed E-state index contributed by atoms with van der Waals surface area (Å²) in [5.74, 6) is -1.65. The number of carboxylic acids is 1. The van der Waals surface area contributed by atoms with E-state index in [-0.39, 0.29) is 40.7 Å². The zero-order chi connectivity index (χ0) is 24.9. The molecule has 0 aromatic carbocycles. The number of fused-ring (bicyclic) bond motifs is 1. The quantitative estimate of drug-likeness (QED) is 0.218. The molecule has 0 spiro atoms. The van der Waals surface area contributed by atoms with E-state index in [2.05, 4.69) is 0 Å². The van der Waals surface area contributed by atoms with Gasteiger partial charge in [-0.25, -0.2) is 4.79 Å². The second-order valence-corrected chi connectivity index (χ2v) is 11.4. The molecule has 4 aliphatic rings. The van der Waals surface area contributed by atoms with E-state index in [9.17, 15) is 24.6 Å². The Labute approximate surface area is 203 Å². The van der Waals surface area contributed by atoms with Crippen molar-refractivity contribution in [2.75, 3.05) is 39.8 Å². The molecule has 188 valence electrons. The number of carbonyl (C=O) groups is 3. The van der Waals surface area contributed by atoms with E-state index < -0.39 is 22.9 Å². The van der Waals surface area contributed by atoms with E-state index in [1.807, 2.05) is 23.8 Å². The molecule has 0 aromatic rings. The van der Waals surface area contributed by atoms with Gasteiger partial charge in [-0.1, -0.05) is 6.92 Å². The van der Waals surface area contributed by atoms with Crippen molar-refractivity contribution in [1.82, 2.24) is 19.6 Å². The molecule has 11 nitrogen and oxygen atoms in total. The van der Waals surface area contributed by atoms with Crippen LogP contribution in [-0.2, 0) is 14.4 Å². The van der Waals surface area contributed by atoms with Gasteiger partial charge in [-0.15, -0.1) is 11.8 Å². The molecule has 4 aliphatic heterocycles. The van der Waals surface area contributed by atoms with E-state index >= 15 is 0 Å². The number of hydrogen-bond donors (Lipinski definition) is 4. The molecule has 0 saturated carbocycles. The van der Waals surface area contributed by atoms with Crippen molar-refractivity contribution in [3.63, 3.8) is 0 Å². The number of aliphatic carboxylic acids is 1. The second-order valence-electron chi connectivity index (χ2n) is 9.79. The maximum atomic E-state index is 13.4. The first-order chi connectivity index (χ1) is 16.0. The molecule has 0 aliphatic carbocycles. The van der Waals surface area contributed by atoms with Crippen LogP contribution in [0, 0.1) is 11.3 Å². The van der Waals surface area contributed by atoms with Gasteiger partial charge in [0, 0.05) is 38.0 Å². The molecule has 5 N–H and O–H groups in total. The molecule has 2 amide bonds. The molecule has 4 rings (SSSR count). The minimum absolute atomic E-state index is 0.0169. The molecule has 0 bridgehead atoms. The number of guanidine groups is 1. The minimum Gasteiger partial charge on any atom is -0.477 e. The highest BCUT2D eigenvalue weighted by atomic mass is 32.2. The summed E-state index contributed by atoms with van der Waals surface area (Å²) in [6.45, 7) is 6.36. The number of nitrogens with two attached hydrogens (primary N) is 1. The molecular weight excluding hydrogens is 460 g/mol. The minimum atomic E-state index is -1.14. The Morgan fingerprint density at radius 1 is 1.26 bits per heavy atom. The summed E-state index contributed by atoms with van der Waals surface area (Å²) >= 11 is 1.40. The van der Waals surface area contributed by atoms with Gasteiger partial charge in [0.05, 0.1) is 18.2 Å². The fourth-order valence-electron chi connectivity index (χ4n) is 5.88. The summed E-state index contributed by atoms with van der Waals surface area (Å²) in [7, 11) is 1.90.